The highest BCUT2D eigenvalue weighted by Gasteiger charge is 2.08. The molecular weight excluding hydrogens is 240 g/mol. The summed E-state index contributed by atoms with van der Waals surface area (Å²) in [5.74, 6) is -0.298. The Morgan fingerprint density at radius 2 is 2.00 bits per heavy atom. The van der Waals surface area contributed by atoms with E-state index in [-0.39, 0.29) is 24.1 Å². The van der Waals surface area contributed by atoms with Crippen molar-refractivity contribution in [2.75, 3.05) is 13.0 Å². The molecule has 4 heteroatoms. The summed E-state index contributed by atoms with van der Waals surface area (Å²) in [7, 11) is 1.36. The van der Waals surface area contributed by atoms with Gasteiger partial charge in [0.05, 0.1) is 19.4 Å². The third-order valence-corrected chi connectivity index (χ3v) is 2.82. The molecule has 0 atom stereocenters. The summed E-state index contributed by atoms with van der Waals surface area (Å²) >= 11 is 5.46. The number of Topliss-reactive ketones (excluding diaryl/α,β-unsaturated/α-hetero) is 1. The molecule has 92 valence electrons. The highest BCUT2D eigenvalue weighted by Crippen LogP contribution is 2.13. The van der Waals surface area contributed by atoms with E-state index in [1.807, 2.05) is 25.1 Å². The maximum Gasteiger partial charge on any atom is 0.309 e. The van der Waals surface area contributed by atoms with Gasteiger partial charge in [0.25, 0.3) is 0 Å². The Bertz CT molecular complexity index is 427. The van der Waals surface area contributed by atoms with Crippen molar-refractivity contribution in [3.05, 3.63) is 34.9 Å². The molecule has 0 saturated carbocycles. The molecule has 0 aliphatic heterocycles. The molecule has 0 saturated heterocycles. The van der Waals surface area contributed by atoms with Gasteiger partial charge in [-0.1, -0.05) is 18.2 Å². The second-order valence-corrected chi connectivity index (χ2v) is 4.13. The molecule has 0 amide bonds. The Morgan fingerprint density at radius 3 is 2.59 bits per heavy atom. The summed E-state index contributed by atoms with van der Waals surface area (Å²) in [6.45, 7) is 1.92. The minimum Gasteiger partial charge on any atom is -0.469 e. The minimum atomic E-state index is -0.283. The van der Waals surface area contributed by atoms with Gasteiger partial charge in [-0.05, 0) is 23.6 Å². The zero-order valence-corrected chi connectivity index (χ0v) is 10.7. The number of carbonyl (C=O) groups excluding carboxylic acids is 2. The van der Waals surface area contributed by atoms with Gasteiger partial charge in [-0.3, -0.25) is 9.59 Å². The van der Waals surface area contributed by atoms with Crippen LogP contribution in [-0.2, 0) is 27.2 Å². The van der Waals surface area contributed by atoms with E-state index in [1.165, 1.54) is 7.11 Å². The van der Waals surface area contributed by atoms with E-state index in [0.29, 0.717) is 6.42 Å². The topological polar surface area (TPSA) is 43.4 Å². The summed E-state index contributed by atoms with van der Waals surface area (Å²) in [4.78, 5) is 22.4. The largest absolute Gasteiger partial charge is 0.469 e. The molecule has 0 spiro atoms. The van der Waals surface area contributed by atoms with Gasteiger partial charge in [0, 0.05) is 6.42 Å². The standard InChI is InChI=1S/C13H15ClO3/c1-9-3-4-10(6-12(15)8-14)5-11(9)7-13(16)17-2/h3-5H,6-8H2,1-2H3. The number of alkyl halides is 1. The maximum atomic E-state index is 11.2. The van der Waals surface area contributed by atoms with Crippen molar-refractivity contribution in [3.8, 4) is 0 Å². The molecule has 0 fully saturated rings. The number of methoxy groups -OCH3 is 1. The lowest BCUT2D eigenvalue weighted by atomic mass is 10.00. The van der Waals surface area contributed by atoms with Crippen molar-refractivity contribution >= 4 is 23.4 Å². The van der Waals surface area contributed by atoms with E-state index in [0.717, 1.165) is 16.7 Å². The molecule has 1 aromatic rings. The first-order valence-electron chi connectivity index (χ1n) is 5.29. The smallest absolute Gasteiger partial charge is 0.309 e. The van der Waals surface area contributed by atoms with Gasteiger partial charge in [0.15, 0.2) is 5.78 Å². The molecule has 1 aromatic carbocycles. The zero-order chi connectivity index (χ0) is 12.8. The molecule has 0 bridgehead atoms. The number of hydrogen-bond donors (Lipinski definition) is 0. The minimum absolute atomic E-state index is 0.0141. The van der Waals surface area contributed by atoms with Crippen LogP contribution in [0.25, 0.3) is 0 Å². The van der Waals surface area contributed by atoms with Gasteiger partial charge in [-0.25, -0.2) is 0 Å². The first-order chi connectivity index (χ1) is 8.06. The van der Waals surface area contributed by atoms with Crippen LogP contribution < -0.4 is 0 Å². The lowest BCUT2D eigenvalue weighted by Gasteiger charge is -2.07. The number of esters is 1. The summed E-state index contributed by atoms with van der Waals surface area (Å²) in [5, 5.41) is 0. The van der Waals surface area contributed by atoms with E-state index < -0.39 is 0 Å². The van der Waals surface area contributed by atoms with Crippen LogP contribution in [0.15, 0.2) is 18.2 Å². The fourth-order valence-electron chi connectivity index (χ4n) is 1.53. The second kappa shape index (κ2) is 6.40. The molecule has 0 unspecified atom stereocenters. The van der Waals surface area contributed by atoms with Crippen LogP contribution in [0.4, 0.5) is 0 Å². The van der Waals surface area contributed by atoms with Gasteiger partial charge < -0.3 is 4.74 Å². The van der Waals surface area contributed by atoms with Crippen LogP contribution in [-0.4, -0.2) is 24.7 Å². The quantitative estimate of drug-likeness (QED) is 0.597. The summed E-state index contributed by atoms with van der Waals surface area (Å²) in [6, 6.07) is 5.63. The van der Waals surface area contributed by atoms with E-state index in [9.17, 15) is 9.59 Å². The third-order valence-electron chi connectivity index (χ3n) is 2.53. The molecule has 0 radical (unpaired) electrons. The number of ketones is 1. The van der Waals surface area contributed by atoms with E-state index in [2.05, 4.69) is 4.74 Å². The van der Waals surface area contributed by atoms with Gasteiger partial charge in [0.2, 0.25) is 0 Å². The highest BCUT2D eigenvalue weighted by atomic mass is 35.5. The molecule has 0 aliphatic rings. The van der Waals surface area contributed by atoms with Crippen molar-refractivity contribution in [1.82, 2.24) is 0 Å². The number of aryl methyl sites for hydroxylation is 1. The van der Waals surface area contributed by atoms with Crippen LogP contribution >= 0.6 is 11.6 Å². The number of halogens is 1. The number of benzene rings is 1. The van der Waals surface area contributed by atoms with E-state index >= 15 is 0 Å². The average molecular weight is 255 g/mol. The van der Waals surface area contributed by atoms with Gasteiger partial charge >= 0.3 is 5.97 Å². The Kier molecular flexibility index (Phi) is 5.16. The first-order valence-corrected chi connectivity index (χ1v) is 5.83. The molecule has 3 nitrogen and oxygen atoms in total. The molecular formula is C13H15ClO3. The lowest BCUT2D eigenvalue weighted by molar-refractivity contribution is -0.139. The Hall–Kier alpha value is -1.35. The monoisotopic (exact) mass is 254 g/mol. The van der Waals surface area contributed by atoms with Crippen molar-refractivity contribution < 1.29 is 14.3 Å². The Morgan fingerprint density at radius 1 is 1.29 bits per heavy atom. The van der Waals surface area contributed by atoms with Crippen molar-refractivity contribution in [2.45, 2.75) is 19.8 Å². The second-order valence-electron chi connectivity index (χ2n) is 3.86. The first kappa shape index (κ1) is 13.7. The van der Waals surface area contributed by atoms with Gasteiger partial charge in [-0.2, -0.15) is 0 Å². The van der Waals surface area contributed by atoms with Crippen molar-refractivity contribution in [1.29, 1.82) is 0 Å². The lowest BCUT2D eigenvalue weighted by Crippen LogP contribution is -2.08. The molecule has 0 aromatic heterocycles. The fourth-order valence-corrected chi connectivity index (χ4v) is 1.62. The number of ether oxygens (including phenoxy) is 1. The van der Waals surface area contributed by atoms with Crippen LogP contribution in [0.3, 0.4) is 0 Å². The third kappa shape index (κ3) is 4.19. The van der Waals surface area contributed by atoms with E-state index in [1.54, 1.807) is 0 Å². The van der Waals surface area contributed by atoms with Crippen molar-refractivity contribution in [3.63, 3.8) is 0 Å². The van der Waals surface area contributed by atoms with Crippen molar-refractivity contribution in [2.24, 2.45) is 0 Å². The summed E-state index contributed by atoms with van der Waals surface area (Å²) < 4.78 is 4.62. The fraction of sp³-hybridized carbons (Fsp3) is 0.385. The normalized spacial score (nSPS) is 10.1. The molecule has 17 heavy (non-hydrogen) atoms. The van der Waals surface area contributed by atoms with Gasteiger partial charge in [-0.15, -0.1) is 11.6 Å². The van der Waals surface area contributed by atoms with Gasteiger partial charge in [0.1, 0.15) is 0 Å². The maximum absolute atomic E-state index is 11.2. The average Bonchev–Trinajstić information content (AvgIpc) is 2.33. The van der Waals surface area contributed by atoms with E-state index in [4.69, 9.17) is 11.6 Å². The zero-order valence-electron chi connectivity index (χ0n) is 9.96. The Balaban J connectivity index is 2.86. The summed E-state index contributed by atoms with van der Waals surface area (Å²) in [5.41, 5.74) is 2.77. The molecule has 0 aliphatic carbocycles. The number of rotatable bonds is 5. The SMILES string of the molecule is COC(=O)Cc1cc(CC(=O)CCl)ccc1C. The summed E-state index contributed by atoms with van der Waals surface area (Å²) in [6.07, 6.45) is 0.531. The number of hydrogen-bond acceptors (Lipinski definition) is 3. The van der Waals surface area contributed by atoms with Crippen LogP contribution in [0.1, 0.15) is 16.7 Å². The highest BCUT2D eigenvalue weighted by molar-refractivity contribution is 6.27. The molecule has 0 heterocycles. The predicted octanol–water partition coefficient (Wildman–Crippen LogP) is 2.06. The van der Waals surface area contributed by atoms with Crippen LogP contribution in [0, 0.1) is 6.92 Å². The molecule has 1 rings (SSSR count). The molecule has 0 N–H and O–H groups in total. The predicted molar refractivity (Wildman–Crippen MR) is 66.3 cm³/mol. The van der Waals surface area contributed by atoms with Crippen LogP contribution in [0.5, 0.6) is 0 Å². The Labute approximate surface area is 106 Å². The van der Waals surface area contributed by atoms with Crippen LogP contribution in [0.2, 0.25) is 0 Å². The number of carbonyl (C=O) groups is 2.